The van der Waals surface area contributed by atoms with Crippen LogP contribution in [-0.4, -0.2) is 27.8 Å². The van der Waals surface area contributed by atoms with Gasteiger partial charge in [-0.2, -0.15) is 10.1 Å². The molecular weight excluding hydrogens is 582 g/mol. The standard InChI is InChI=1S/C32H34BrN5O3/c1-19-8-7-9-24(14-19)37-30(39)27-20(2)36-31-34-18-35-38(31)28(27)22-15-25(33)29(26(16-22)40-6)41-17-21-10-12-23(13-11-21)32(3,4)5/h7-16,18,28H,17H2,1-6H3,(H,37,39)(H,34,35,36). The second-order valence-electron chi connectivity index (χ2n) is 11.2. The molecule has 1 atom stereocenters. The molecule has 1 aliphatic rings. The molecule has 0 radical (unpaired) electrons. The van der Waals surface area contributed by atoms with Crippen molar-refractivity contribution >= 4 is 33.5 Å². The van der Waals surface area contributed by atoms with E-state index in [0.717, 1.165) is 22.4 Å². The predicted octanol–water partition coefficient (Wildman–Crippen LogP) is 7.16. The number of rotatable bonds is 7. The Balaban J connectivity index is 1.47. The normalized spacial score (nSPS) is 14.8. The molecule has 9 heteroatoms. The highest BCUT2D eigenvalue weighted by atomic mass is 79.9. The number of aromatic nitrogens is 3. The fourth-order valence-corrected chi connectivity index (χ4v) is 5.48. The number of nitrogens with one attached hydrogen (secondary N) is 2. The third-order valence-corrected chi connectivity index (χ3v) is 7.67. The number of hydrogen-bond acceptors (Lipinski definition) is 6. The van der Waals surface area contributed by atoms with Gasteiger partial charge in [-0.1, -0.05) is 57.2 Å². The maximum atomic E-state index is 13.7. The quantitative estimate of drug-likeness (QED) is 0.229. The van der Waals surface area contributed by atoms with Crippen molar-refractivity contribution in [2.75, 3.05) is 17.7 Å². The molecule has 8 nitrogen and oxygen atoms in total. The SMILES string of the molecule is COc1cc(C2C(C(=O)Nc3cccc(C)c3)=C(C)Nc3ncnn32)cc(Br)c1OCc1ccc(C(C)(C)C)cc1. The lowest BCUT2D eigenvalue weighted by Gasteiger charge is -2.29. The Bertz CT molecular complexity index is 1620. The number of aryl methyl sites for hydroxylation is 1. The molecule has 41 heavy (non-hydrogen) atoms. The first-order valence-electron chi connectivity index (χ1n) is 13.4. The van der Waals surface area contributed by atoms with E-state index in [4.69, 9.17) is 9.47 Å². The average Bonchev–Trinajstić information content (AvgIpc) is 3.39. The second-order valence-corrected chi connectivity index (χ2v) is 12.0. The molecule has 212 valence electrons. The van der Waals surface area contributed by atoms with E-state index in [2.05, 4.69) is 81.7 Å². The number of methoxy groups -OCH3 is 1. The van der Waals surface area contributed by atoms with Crippen LogP contribution in [0.5, 0.6) is 11.5 Å². The van der Waals surface area contributed by atoms with E-state index in [0.29, 0.717) is 39.8 Å². The summed E-state index contributed by atoms with van der Waals surface area (Å²) in [5.74, 6) is 1.43. The minimum atomic E-state index is -0.553. The highest BCUT2D eigenvalue weighted by Crippen LogP contribution is 2.43. The van der Waals surface area contributed by atoms with Gasteiger partial charge >= 0.3 is 0 Å². The molecule has 0 fully saturated rings. The van der Waals surface area contributed by atoms with Crippen molar-refractivity contribution in [2.45, 2.75) is 52.7 Å². The fourth-order valence-electron chi connectivity index (χ4n) is 4.91. The molecule has 0 spiro atoms. The molecular formula is C32H34BrN5O3. The van der Waals surface area contributed by atoms with Gasteiger partial charge < -0.3 is 20.1 Å². The molecule has 0 aliphatic carbocycles. The lowest BCUT2D eigenvalue weighted by atomic mass is 9.87. The van der Waals surface area contributed by atoms with Crippen molar-refractivity contribution in [3.05, 3.63) is 105 Å². The Labute approximate surface area is 248 Å². The molecule has 0 bridgehead atoms. The zero-order valence-electron chi connectivity index (χ0n) is 24.1. The molecule has 1 aromatic heterocycles. The molecule has 5 rings (SSSR count). The Kier molecular flexibility index (Phi) is 7.91. The van der Waals surface area contributed by atoms with Crippen LogP contribution in [0.2, 0.25) is 0 Å². The van der Waals surface area contributed by atoms with E-state index in [1.165, 1.54) is 11.9 Å². The van der Waals surface area contributed by atoms with E-state index in [1.54, 1.807) is 11.8 Å². The minimum absolute atomic E-state index is 0.0860. The van der Waals surface area contributed by atoms with Crippen LogP contribution in [0.1, 0.15) is 56.0 Å². The lowest BCUT2D eigenvalue weighted by molar-refractivity contribution is -0.113. The zero-order valence-corrected chi connectivity index (χ0v) is 25.7. The summed E-state index contributed by atoms with van der Waals surface area (Å²) in [5.41, 5.74) is 6.18. The zero-order chi connectivity index (χ0) is 29.3. The summed E-state index contributed by atoms with van der Waals surface area (Å²) in [5, 5.41) is 10.7. The highest BCUT2D eigenvalue weighted by Gasteiger charge is 2.34. The number of amides is 1. The smallest absolute Gasteiger partial charge is 0.255 e. The molecule has 2 N–H and O–H groups in total. The molecule has 1 aliphatic heterocycles. The maximum absolute atomic E-state index is 13.7. The Morgan fingerprint density at radius 3 is 2.54 bits per heavy atom. The first-order chi connectivity index (χ1) is 19.5. The number of carbonyl (C=O) groups excluding carboxylic acids is 1. The van der Waals surface area contributed by atoms with Crippen LogP contribution >= 0.6 is 15.9 Å². The Hall–Kier alpha value is -4.11. The number of ether oxygens (including phenoxy) is 2. The number of benzene rings is 3. The van der Waals surface area contributed by atoms with Crippen molar-refractivity contribution in [3.8, 4) is 11.5 Å². The first-order valence-corrected chi connectivity index (χ1v) is 14.2. The summed E-state index contributed by atoms with van der Waals surface area (Å²) in [7, 11) is 1.60. The van der Waals surface area contributed by atoms with Crippen molar-refractivity contribution in [1.29, 1.82) is 0 Å². The number of allylic oxidation sites excluding steroid dienone is 1. The van der Waals surface area contributed by atoms with Crippen LogP contribution in [0.4, 0.5) is 11.6 Å². The molecule has 1 unspecified atom stereocenters. The molecule has 1 amide bonds. The number of halogens is 1. The number of carbonyl (C=O) groups is 1. The van der Waals surface area contributed by atoms with Gasteiger partial charge in [0.2, 0.25) is 5.95 Å². The van der Waals surface area contributed by atoms with Crippen LogP contribution < -0.4 is 20.1 Å². The van der Waals surface area contributed by atoms with E-state index in [-0.39, 0.29) is 11.3 Å². The summed E-state index contributed by atoms with van der Waals surface area (Å²) in [6.07, 6.45) is 1.47. The maximum Gasteiger partial charge on any atom is 0.255 e. The highest BCUT2D eigenvalue weighted by molar-refractivity contribution is 9.10. The summed E-state index contributed by atoms with van der Waals surface area (Å²) >= 11 is 3.70. The summed E-state index contributed by atoms with van der Waals surface area (Å²) in [6.45, 7) is 10.8. The second kappa shape index (κ2) is 11.4. The number of hydrogen-bond donors (Lipinski definition) is 2. The van der Waals surface area contributed by atoms with Gasteiger partial charge in [-0.05, 0) is 81.7 Å². The van der Waals surface area contributed by atoms with Gasteiger partial charge in [0.1, 0.15) is 19.0 Å². The number of fused-ring (bicyclic) bond motifs is 1. The topological polar surface area (TPSA) is 90.3 Å². The third-order valence-electron chi connectivity index (χ3n) is 7.09. The summed E-state index contributed by atoms with van der Waals surface area (Å²) in [4.78, 5) is 18.1. The van der Waals surface area contributed by atoms with Crippen molar-refractivity contribution in [3.63, 3.8) is 0 Å². The van der Waals surface area contributed by atoms with Gasteiger partial charge in [0.15, 0.2) is 11.5 Å². The van der Waals surface area contributed by atoms with Gasteiger partial charge in [-0.15, -0.1) is 0 Å². The monoisotopic (exact) mass is 615 g/mol. The van der Waals surface area contributed by atoms with Crippen LogP contribution in [0.15, 0.2) is 82.7 Å². The average molecular weight is 617 g/mol. The largest absolute Gasteiger partial charge is 0.493 e. The van der Waals surface area contributed by atoms with E-state index < -0.39 is 6.04 Å². The van der Waals surface area contributed by atoms with E-state index >= 15 is 0 Å². The molecule has 4 aromatic rings. The molecule has 0 saturated carbocycles. The first kappa shape index (κ1) is 28.4. The van der Waals surface area contributed by atoms with E-state index in [1.807, 2.05) is 50.2 Å². The molecule has 3 aromatic carbocycles. The molecule has 2 heterocycles. The number of nitrogens with zero attached hydrogens (tertiary/aromatic N) is 3. The van der Waals surface area contributed by atoms with Crippen LogP contribution in [0.25, 0.3) is 0 Å². The van der Waals surface area contributed by atoms with Crippen molar-refractivity contribution < 1.29 is 14.3 Å². The van der Waals surface area contributed by atoms with Crippen LogP contribution in [0, 0.1) is 6.92 Å². The van der Waals surface area contributed by atoms with Crippen LogP contribution in [0.3, 0.4) is 0 Å². The van der Waals surface area contributed by atoms with Crippen molar-refractivity contribution in [1.82, 2.24) is 14.8 Å². The minimum Gasteiger partial charge on any atom is -0.493 e. The molecule has 0 saturated heterocycles. The van der Waals surface area contributed by atoms with Gasteiger partial charge in [-0.25, -0.2) is 4.68 Å². The summed E-state index contributed by atoms with van der Waals surface area (Å²) < 4.78 is 14.4. The van der Waals surface area contributed by atoms with Crippen LogP contribution in [-0.2, 0) is 16.8 Å². The van der Waals surface area contributed by atoms with Gasteiger partial charge in [0.05, 0.1) is 17.2 Å². The lowest BCUT2D eigenvalue weighted by Crippen LogP contribution is -2.31. The Morgan fingerprint density at radius 1 is 1.10 bits per heavy atom. The third kappa shape index (κ3) is 6.00. The van der Waals surface area contributed by atoms with Gasteiger partial charge in [0, 0.05) is 11.4 Å². The van der Waals surface area contributed by atoms with Crippen molar-refractivity contribution in [2.24, 2.45) is 0 Å². The van der Waals surface area contributed by atoms with E-state index in [9.17, 15) is 4.79 Å². The Morgan fingerprint density at radius 2 is 1.85 bits per heavy atom. The van der Waals surface area contributed by atoms with Gasteiger partial charge in [-0.3, -0.25) is 4.79 Å². The van der Waals surface area contributed by atoms with Gasteiger partial charge in [0.25, 0.3) is 5.91 Å². The fraction of sp³-hybridized carbons (Fsp3) is 0.281. The summed E-state index contributed by atoms with van der Waals surface area (Å²) in [6, 6.07) is 19.4. The predicted molar refractivity (Wildman–Crippen MR) is 164 cm³/mol. The number of anilines is 2.